The standard InChI is InChI=1S/C15H24N2S/c1-12-9-18-10-14(12)8-17-11-15(5-3-4-6-15)16-7-13(17)2/h9-10,13,16H,3-8,11H2,1-2H3. The summed E-state index contributed by atoms with van der Waals surface area (Å²) in [5.41, 5.74) is 3.43. The highest BCUT2D eigenvalue weighted by Gasteiger charge is 2.39. The molecule has 1 atom stereocenters. The Labute approximate surface area is 114 Å². The molecule has 1 spiro atoms. The van der Waals surface area contributed by atoms with E-state index in [9.17, 15) is 0 Å². The van der Waals surface area contributed by atoms with Crippen LogP contribution in [0.3, 0.4) is 0 Å². The van der Waals surface area contributed by atoms with Gasteiger partial charge in [-0.05, 0) is 48.6 Å². The summed E-state index contributed by atoms with van der Waals surface area (Å²) in [5.74, 6) is 0. The lowest BCUT2D eigenvalue weighted by molar-refractivity contribution is 0.0826. The molecule has 0 radical (unpaired) electrons. The number of hydrogen-bond acceptors (Lipinski definition) is 3. The Kier molecular flexibility index (Phi) is 3.48. The fourth-order valence-electron chi connectivity index (χ4n) is 3.46. The van der Waals surface area contributed by atoms with Crippen LogP contribution < -0.4 is 5.32 Å². The van der Waals surface area contributed by atoms with E-state index in [0.717, 1.165) is 13.1 Å². The van der Waals surface area contributed by atoms with Gasteiger partial charge in [0.25, 0.3) is 0 Å². The van der Waals surface area contributed by atoms with Crippen LogP contribution in [0.2, 0.25) is 0 Å². The third kappa shape index (κ3) is 2.36. The number of thiophene rings is 1. The van der Waals surface area contributed by atoms with Gasteiger partial charge in [-0.25, -0.2) is 0 Å². The molecular formula is C15H24N2S. The molecular weight excluding hydrogens is 240 g/mol. The molecule has 2 aliphatic rings. The van der Waals surface area contributed by atoms with Crippen LogP contribution >= 0.6 is 11.3 Å². The molecule has 2 heterocycles. The molecule has 0 bridgehead atoms. The van der Waals surface area contributed by atoms with Crippen molar-refractivity contribution in [2.75, 3.05) is 13.1 Å². The summed E-state index contributed by atoms with van der Waals surface area (Å²) in [4.78, 5) is 2.69. The van der Waals surface area contributed by atoms with E-state index in [2.05, 4.69) is 34.8 Å². The maximum atomic E-state index is 3.83. The second-order valence-electron chi connectivity index (χ2n) is 6.20. The largest absolute Gasteiger partial charge is 0.308 e. The van der Waals surface area contributed by atoms with E-state index in [0.29, 0.717) is 11.6 Å². The smallest absolute Gasteiger partial charge is 0.0309 e. The number of aryl methyl sites for hydroxylation is 1. The van der Waals surface area contributed by atoms with E-state index in [1.807, 2.05) is 11.3 Å². The molecule has 18 heavy (non-hydrogen) atoms. The minimum absolute atomic E-state index is 0.441. The summed E-state index contributed by atoms with van der Waals surface area (Å²) in [7, 11) is 0. The van der Waals surface area contributed by atoms with Crippen molar-refractivity contribution < 1.29 is 0 Å². The van der Waals surface area contributed by atoms with Gasteiger partial charge >= 0.3 is 0 Å². The van der Waals surface area contributed by atoms with Gasteiger partial charge in [0.2, 0.25) is 0 Å². The molecule has 1 saturated heterocycles. The molecule has 2 fully saturated rings. The fourth-order valence-corrected chi connectivity index (χ4v) is 4.31. The first-order valence-electron chi connectivity index (χ1n) is 7.19. The van der Waals surface area contributed by atoms with Crippen molar-refractivity contribution >= 4 is 11.3 Å². The summed E-state index contributed by atoms with van der Waals surface area (Å²) in [6, 6.07) is 0.663. The molecule has 3 heteroatoms. The number of piperazine rings is 1. The molecule has 0 amide bonds. The van der Waals surface area contributed by atoms with E-state index in [1.54, 1.807) is 0 Å². The van der Waals surface area contributed by atoms with Gasteiger partial charge in [0.05, 0.1) is 0 Å². The molecule has 0 aromatic carbocycles. The Morgan fingerprint density at radius 3 is 2.83 bits per heavy atom. The summed E-state index contributed by atoms with van der Waals surface area (Å²) in [6.45, 7) is 8.13. The van der Waals surface area contributed by atoms with Crippen LogP contribution in [0.4, 0.5) is 0 Å². The lowest BCUT2D eigenvalue weighted by Gasteiger charge is -2.45. The Morgan fingerprint density at radius 2 is 2.17 bits per heavy atom. The first kappa shape index (κ1) is 12.6. The summed E-state index contributed by atoms with van der Waals surface area (Å²) in [5, 5.41) is 8.43. The quantitative estimate of drug-likeness (QED) is 0.882. The van der Waals surface area contributed by atoms with Gasteiger partial charge in [-0.15, -0.1) is 0 Å². The lowest BCUT2D eigenvalue weighted by atomic mass is 9.92. The minimum Gasteiger partial charge on any atom is -0.308 e. The fraction of sp³-hybridized carbons (Fsp3) is 0.733. The number of rotatable bonds is 2. The van der Waals surface area contributed by atoms with Crippen LogP contribution in [0, 0.1) is 6.92 Å². The van der Waals surface area contributed by atoms with E-state index in [-0.39, 0.29) is 0 Å². The van der Waals surface area contributed by atoms with Crippen LogP contribution in [-0.2, 0) is 6.54 Å². The second kappa shape index (κ2) is 4.95. The third-order valence-corrected chi connectivity index (χ3v) is 5.71. The van der Waals surface area contributed by atoms with Crippen molar-refractivity contribution in [1.82, 2.24) is 10.2 Å². The average Bonchev–Trinajstić information content (AvgIpc) is 2.96. The lowest BCUT2D eigenvalue weighted by Crippen LogP contribution is -2.62. The Hall–Kier alpha value is -0.380. The highest BCUT2D eigenvalue weighted by atomic mass is 32.1. The van der Waals surface area contributed by atoms with Gasteiger partial charge in [0.1, 0.15) is 0 Å². The molecule has 100 valence electrons. The van der Waals surface area contributed by atoms with Crippen molar-refractivity contribution in [1.29, 1.82) is 0 Å². The van der Waals surface area contributed by atoms with Gasteiger partial charge in [-0.1, -0.05) is 12.8 Å². The predicted octanol–water partition coefficient (Wildman–Crippen LogP) is 3.16. The first-order valence-corrected chi connectivity index (χ1v) is 8.14. The molecule has 2 nitrogen and oxygen atoms in total. The van der Waals surface area contributed by atoms with Crippen molar-refractivity contribution in [3.63, 3.8) is 0 Å². The maximum Gasteiger partial charge on any atom is 0.0309 e. The van der Waals surface area contributed by atoms with Crippen LogP contribution in [0.25, 0.3) is 0 Å². The molecule has 1 N–H and O–H groups in total. The SMILES string of the molecule is Cc1cscc1CN1CC2(CCCC2)NCC1C. The van der Waals surface area contributed by atoms with Crippen LogP contribution in [0.5, 0.6) is 0 Å². The maximum absolute atomic E-state index is 3.83. The van der Waals surface area contributed by atoms with Crippen LogP contribution in [-0.4, -0.2) is 29.6 Å². The molecule has 1 aromatic rings. The topological polar surface area (TPSA) is 15.3 Å². The van der Waals surface area contributed by atoms with E-state index in [4.69, 9.17) is 0 Å². The Morgan fingerprint density at radius 1 is 1.39 bits per heavy atom. The van der Waals surface area contributed by atoms with E-state index < -0.39 is 0 Å². The van der Waals surface area contributed by atoms with Gasteiger partial charge in [-0.2, -0.15) is 11.3 Å². The summed E-state index contributed by atoms with van der Waals surface area (Å²) < 4.78 is 0. The van der Waals surface area contributed by atoms with Gasteiger partial charge in [0.15, 0.2) is 0 Å². The normalized spacial score (nSPS) is 28.0. The highest BCUT2D eigenvalue weighted by Crippen LogP contribution is 2.34. The number of hydrogen-bond donors (Lipinski definition) is 1. The highest BCUT2D eigenvalue weighted by molar-refractivity contribution is 7.08. The third-order valence-electron chi connectivity index (χ3n) is 4.80. The molecule has 1 saturated carbocycles. The zero-order valence-corrected chi connectivity index (χ0v) is 12.4. The van der Waals surface area contributed by atoms with E-state index >= 15 is 0 Å². The number of nitrogens with zero attached hydrogens (tertiary/aromatic N) is 1. The zero-order chi connectivity index (χ0) is 12.6. The second-order valence-corrected chi connectivity index (χ2v) is 6.95. The van der Waals surface area contributed by atoms with Crippen molar-refractivity contribution in [2.24, 2.45) is 0 Å². The summed E-state index contributed by atoms with van der Waals surface area (Å²) in [6.07, 6.45) is 5.57. The molecule has 3 rings (SSSR count). The molecule has 1 aromatic heterocycles. The Balaban J connectivity index is 1.72. The van der Waals surface area contributed by atoms with E-state index in [1.165, 1.54) is 43.4 Å². The Bertz CT molecular complexity index is 406. The van der Waals surface area contributed by atoms with Crippen molar-refractivity contribution in [3.8, 4) is 0 Å². The molecule has 1 unspecified atom stereocenters. The van der Waals surface area contributed by atoms with Gasteiger partial charge in [0, 0.05) is 31.2 Å². The van der Waals surface area contributed by atoms with Crippen molar-refractivity contribution in [2.45, 2.75) is 57.7 Å². The van der Waals surface area contributed by atoms with Crippen LogP contribution in [0.1, 0.15) is 43.7 Å². The van der Waals surface area contributed by atoms with Crippen molar-refractivity contribution in [3.05, 3.63) is 21.9 Å². The van der Waals surface area contributed by atoms with Crippen LogP contribution in [0.15, 0.2) is 10.8 Å². The minimum atomic E-state index is 0.441. The monoisotopic (exact) mass is 264 g/mol. The van der Waals surface area contributed by atoms with Gasteiger partial charge < -0.3 is 5.32 Å². The molecule has 1 aliphatic heterocycles. The van der Waals surface area contributed by atoms with Gasteiger partial charge in [-0.3, -0.25) is 4.90 Å². The predicted molar refractivity (Wildman–Crippen MR) is 78.1 cm³/mol. The number of nitrogens with one attached hydrogen (secondary N) is 1. The zero-order valence-electron chi connectivity index (χ0n) is 11.5. The summed E-state index contributed by atoms with van der Waals surface area (Å²) >= 11 is 1.84. The first-order chi connectivity index (χ1) is 8.69. The average molecular weight is 264 g/mol. The molecule has 1 aliphatic carbocycles.